The molecule has 0 aromatic heterocycles. The Morgan fingerprint density at radius 3 is 2.68 bits per heavy atom. The van der Waals surface area contributed by atoms with Crippen molar-refractivity contribution in [2.45, 2.75) is 19.6 Å². The van der Waals surface area contributed by atoms with Crippen molar-refractivity contribution in [2.75, 3.05) is 13.1 Å². The van der Waals surface area contributed by atoms with E-state index in [1.54, 1.807) is 30.3 Å². The molecule has 1 aliphatic rings. The fourth-order valence-corrected chi connectivity index (χ4v) is 1.44. The fraction of sp³-hybridized carbons (Fsp3) is 0.417. The van der Waals surface area contributed by atoms with Crippen LogP contribution in [0.5, 0.6) is 0 Å². The van der Waals surface area contributed by atoms with Crippen LogP contribution in [0, 0.1) is 5.21 Å². The summed E-state index contributed by atoms with van der Waals surface area (Å²) >= 11 is 0. The summed E-state index contributed by atoms with van der Waals surface area (Å²) in [6.07, 6.45) is 0.0396. The van der Waals surface area contributed by atoms with Crippen molar-refractivity contribution in [3.63, 3.8) is 0 Å². The quantitative estimate of drug-likeness (QED) is 0.266. The van der Waals surface area contributed by atoms with Crippen LogP contribution in [0.2, 0.25) is 0 Å². The number of benzene rings is 1. The Hall–Kier alpha value is -2.31. The van der Waals surface area contributed by atoms with E-state index in [2.05, 4.69) is 5.28 Å². The molecule has 0 bridgehead atoms. The standard InChI is InChI=1S/C12H15N3O4/c1-10(19-13-15(17)14-8-5-9-14)18-12(16)11-6-3-2-4-7-11/h2-4,6-7,10H,5,8-9H2,1H3. The lowest BCUT2D eigenvalue weighted by Gasteiger charge is -2.25. The summed E-state index contributed by atoms with van der Waals surface area (Å²) in [6.45, 7) is 2.82. The molecule has 0 saturated carbocycles. The second-order valence-corrected chi connectivity index (χ2v) is 4.09. The van der Waals surface area contributed by atoms with E-state index < -0.39 is 12.3 Å². The third-order valence-electron chi connectivity index (χ3n) is 2.62. The predicted molar refractivity (Wildman–Crippen MR) is 64.6 cm³/mol. The molecule has 1 saturated heterocycles. The highest BCUT2D eigenvalue weighted by atomic mass is 16.8. The van der Waals surface area contributed by atoms with Crippen molar-refractivity contribution in [3.05, 3.63) is 41.1 Å². The maximum absolute atomic E-state index is 11.7. The highest BCUT2D eigenvalue weighted by Crippen LogP contribution is 2.08. The topological polar surface area (TPSA) is 77.2 Å². The zero-order valence-electron chi connectivity index (χ0n) is 10.6. The monoisotopic (exact) mass is 265 g/mol. The molecule has 2 rings (SSSR count). The lowest BCUT2D eigenvalue weighted by atomic mass is 10.2. The summed E-state index contributed by atoms with van der Waals surface area (Å²) < 4.78 is 4.98. The maximum atomic E-state index is 11.7. The molecule has 0 aliphatic carbocycles. The number of nitrogens with zero attached hydrogens (tertiary/aromatic N) is 3. The first kappa shape index (κ1) is 13.1. The first-order valence-corrected chi connectivity index (χ1v) is 6.02. The Morgan fingerprint density at radius 1 is 1.42 bits per heavy atom. The van der Waals surface area contributed by atoms with E-state index in [4.69, 9.17) is 9.57 Å². The molecular formula is C12H15N3O4. The van der Waals surface area contributed by atoms with Gasteiger partial charge in [-0.2, -0.15) is 0 Å². The average molecular weight is 265 g/mol. The largest absolute Gasteiger partial charge is 0.569 e. The van der Waals surface area contributed by atoms with Gasteiger partial charge in [-0.1, -0.05) is 18.2 Å². The van der Waals surface area contributed by atoms with Gasteiger partial charge < -0.3 is 9.94 Å². The summed E-state index contributed by atoms with van der Waals surface area (Å²) in [5.41, 5.74) is 0.416. The number of carbonyl (C=O) groups is 1. The highest BCUT2D eigenvalue weighted by molar-refractivity contribution is 5.89. The zero-order chi connectivity index (χ0) is 13.7. The second kappa shape index (κ2) is 6.03. The molecule has 1 aromatic rings. The maximum Gasteiger partial charge on any atom is 0.341 e. The van der Waals surface area contributed by atoms with Crippen LogP contribution in [-0.2, 0) is 9.57 Å². The lowest BCUT2D eigenvalue weighted by molar-refractivity contribution is -0.724. The molecule has 102 valence electrons. The molecule has 1 fully saturated rings. The van der Waals surface area contributed by atoms with Gasteiger partial charge in [-0.3, -0.25) is 4.84 Å². The second-order valence-electron chi connectivity index (χ2n) is 4.09. The van der Waals surface area contributed by atoms with Crippen molar-refractivity contribution < 1.29 is 19.3 Å². The molecule has 1 aliphatic heterocycles. The van der Waals surface area contributed by atoms with E-state index in [1.807, 2.05) is 0 Å². The summed E-state index contributed by atoms with van der Waals surface area (Å²) in [7, 11) is 0. The zero-order valence-corrected chi connectivity index (χ0v) is 10.6. The van der Waals surface area contributed by atoms with E-state index >= 15 is 0 Å². The van der Waals surface area contributed by atoms with Crippen LogP contribution in [0.3, 0.4) is 0 Å². The van der Waals surface area contributed by atoms with Gasteiger partial charge in [0.15, 0.2) is 0 Å². The fourth-order valence-electron chi connectivity index (χ4n) is 1.44. The van der Waals surface area contributed by atoms with Crippen molar-refractivity contribution in [3.8, 4) is 0 Å². The minimum Gasteiger partial charge on any atom is -0.569 e. The van der Waals surface area contributed by atoms with E-state index in [-0.39, 0.29) is 0 Å². The summed E-state index contributed by atoms with van der Waals surface area (Å²) in [6, 6.07) is 8.53. The Kier molecular flexibility index (Phi) is 4.17. The van der Waals surface area contributed by atoms with E-state index in [0.717, 1.165) is 6.42 Å². The number of carbonyl (C=O) groups excluding carboxylic acids is 1. The van der Waals surface area contributed by atoms with Gasteiger partial charge >= 0.3 is 5.97 Å². The van der Waals surface area contributed by atoms with Crippen LogP contribution in [-0.4, -0.2) is 35.3 Å². The molecule has 1 heterocycles. The molecule has 0 radical (unpaired) electrons. The van der Waals surface area contributed by atoms with Gasteiger partial charge in [0.05, 0.1) is 23.6 Å². The molecule has 7 nitrogen and oxygen atoms in total. The van der Waals surface area contributed by atoms with Crippen LogP contribution < -0.4 is 0 Å². The molecular weight excluding hydrogens is 250 g/mol. The molecule has 0 spiro atoms. The molecule has 1 unspecified atom stereocenters. The smallest absolute Gasteiger partial charge is 0.341 e. The molecule has 7 heteroatoms. The van der Waals surface area contributed by atoms with Crippen LogP contribution in [0.15, 0.2) is 35.6 Å². The Morgan fingerprint density at radius 2 is 2.11 bits per heavy atom. The molecule has 0 N–H and O–H groups in total. The number of hydrogen-bond acceptors (Lipinski definition) is 5. The van der Waals surface area contributed by atoms with Crippen LogP contribution in [0.1, 0.15) is 23.7 Å². The first-order valence-electron chi connectivity index (χ1n) is 6.02. The molecule has 19 heavy (non-hydrogen) atoms. The van der Waals surface area contributed by atoms with Crippen molar-refractivity contribution in [1.29, 1.82) is 0 Å². The van der Waals surface area contributed by atoms with Gasteiger partial charge in [0, 0.05) is 6.92 Å². The van der Waals surface area contributed by atoms with E-state index in [1.165, 1.54) is 11.9 Å². The minimum atomic E-state index is -0.926. The number of rotatable bonds is 5. The Bertz CT molecular complexity index is 459. The Balaban J connectivity index is 1.81. The minimum absolute atomic E-state index is 0.371. The molecule has 1 atom stereocenters. The van der Waals surface area contributed by atoms with Crippen LogP contribution >= 0.6 is 0 Å². The van der Waals surface area contributed by atoms with Crippen molar-refractivity contribution >= 4 is 5.97 Å². The van der Waals surface area contributed by atoms with Gasteiger partial charge in [0.1, 0.15) is 0 Å². The lowest BCUT2D eigenvalue weighted by Crippen LogP contribution is -2.42. The van der Waals surface area contributed by atoms with Gasteiger partial charge in [-0.05, 0) is 18.6 Å². The third-order valence-corrected chi connectivity index (χ3v) is 2.62. The van der Waals surface area contributed by atoms with Crippen LogP contribution in [0.25, 0.3) is 0 Å². The molecule has 0 amide bonds. The number of ether oxygens (including phenoxy) is 1. The number of hydrazine groups is 1. The number of esters is 1. The van der Waals surface area contributed by atoms with Crippen molar-refractivity contribution in [1.82, 2.24) is 5.01 Å². The van der Waals surface area contributed by atoms with Gasteiger partial charge in [0.2, 0.25) is 5.28 Å². The van der Waals surface area contributed by atoms with Gasteiger partial charge in [-0.25, -0.2) is 4.79 Å². The Labute approximate surface area is 110 Å². The highest BCUT2D eigenvalue weighted by Gasteiger charge is 2.22. The van der Waals surface area contributed by atoms with E-state index in [9.17, 15) is 10.0 Å². The third kappa shape index (κ3) is 3.57. The average Bonchev–Trinajstić information content (AvgIpc) is 2.35. The number of hydrogen-bond donors (Lipinski definition) is 0. The predicted octanol–water partition coefficient (Wildman–Crippen LogP) is 1.70. The summed E-state index contributed by atoms with van der Waals surface area (Å²) in [4.78, 5) is 16.8. The first-order chi connectivity index (χ1) is 9.16. The van der Waals surface area contributed by atoms with Gasteiger partial charge in [0.25, 0.3) is 6.29 Å². The molecule has 1 aromatic carbocycles. The van der Waals surface area contributed by atoms with Crippen LogP contribution in [0.4, 0.5) is 0 Å². The summed E-state index contributed by atoms with van der Waals surface area (Å²) in [5.74, 6) is -0.523. The normalized spacial score (nSPS) is 16.5. The summed E-state index contributed by atoms with van der Waals surface area (Å²) in [5, 5.41) is 16.1. The van der Waals surface area contributed by atoms with Gasteiger partial charge in [-0.15, -0.1) is 5.01 Å². The SMILES string of the molecule is CC(ON=[N+]([O-])N1CCC1)OC(=O)c1ccccc1. The van der Waals surface area contributed by atoms with Crippen molar-refractivity contribution in [2.24, 2.45) is 5.28 Å². The van der Waals surface area contributed by atoms with E-state index in [0.29, 0.717) is 23.6 Å².